The molecule has 130 valence electrons. The molecule has 0 spiro atoms. The van der Waals surface area contributed by atoms with E-state index in [1.807, 2.05) is 0 Å². The van der Waals surface area contributed by atoms with Crippen molar-refractivity contribution in [2.24, 2.45) is 14.1 Å². The number of nitrogens with zero attached hydrogens (tertiary/aromatic N) is 4. The number of fused-ring (bicyclic) bond motifs is 1. The summed E-state index contributed by atoms with van der Waals surface area (Å²) in [5.74, 6) is -0.504. The van der Waals surface area contributed by atoms with Crippen LogP contribution in [0, 0.1) is 0 Å². The molecule has 1 atom stereocenters. The van der Waals surface area contributed by atoms with Crippen LogP contribution in [0.1, 0.15) is 22.0 Å². The van der Waals surface area contributed by atoms with E-state index in [0.29, 0.717) is 5.56 Å². The molecule has 1 N–H and O–H groups in total. The zero-order valence-electron chi connectivity index (χ0n) is 13.5. The third-order valence-corrected chi connectivity index (χ3v) is 4.35. The van der Waals surface area contributed by atoms with Crippen molar-refractivity contribution < 1.29 is 9.90 Å². The molecule has 0 fully saturated rings. The Hall–Kier alpha value is -2.71. The molecule has 0 amide bonds. The lowest BCUT2D eigenvalue weighted by molar-refractivity contribution is 0.0659. The Morgan fingerprint density at radius 2 is 2.00 bits per heavy atom. The molecule has 0 bridgehead atoms. The van der Waals surface area contributed by atoms with Gasteiger partial charge in [-0.05, 0) is 11.1 Å². The van der Waals surface area contributed by atoms with Crippen molar-refractivity contribution in [2.75, 3.05) is 0 Å². The summed E-state index contributed by atoms with van der Waals surface area (Å²) in [5.41, 5.74) is -0.104. The number of halogens is 1. The summed E-state index contributed by atoms with van der Waals surface area (Å²) in [6.45, 7) is 0. The average molecular weight is 363 g/mol. The Bertz CT molecular complexity index is 1100. The number of aliphatic hydroxyl groups is 1. The van der Waals surface area contributed by atoms with Gasteiger partial charge in [0, 0.05) is 20.0 Å². The first-order chi connectivity index (χ1) is 11.9. The van der Waals surface area contributed by atoms with E-state index in [4.69, 9.17) is 11.6 Å². The lowest BCUT2D eigenvalue weighted by atomic mass is 10.1. The number of carbonyl (C=O) groups is 1. The number of rotatable bonds is 3. The average Bonchev–Trinajstić information content (AvgIpc) is 3.08. The van der Waals surface area contributed by atoms with Gasteiger partial charge in [-0.2, -0.15) is 0 Å². The molecule has 25 heavy (non-hydrogen) atoms. The van der Waals surface area contributed by atoms with Gasteiger partial charge in [0.15, 0.2) is 17.3 Å². The second-order valence-corrected chi connectivity index (χ2v) is 5.88. The van der Waals surface area contributed by atoms with Gasteiger partial charge in [0.2, 0.25) is 0 Å². The summed E-state index contributed by atoms with van der Waals surface area (Å²) >= 11 is 5.77. The summed E-state index contributed by atoms with van der Waals surface area (Å²) in [6, 6.07) is 6.65. The first-order valence-electron chi connectivity index (χ1n) is 7.37. The lowest BCUT2D eigenvalue weighted by Crippen LogP contribution is -2.38. The van der Waals surface area contributed by atoms with Gasteiger partial charge in [0.05, 0.1) is 0 Å². The zero-order chi connectivity index (χ0) is 18.3. The summed E-state index contributed by atoms with van der Waals surface area (Å²) in [4.78, 5) is 41.0. The van der Waals surface area contributed by atoms with E-state index in [0.717, 1.165) is 21.0 Å². The number of aliphatic hydroxyl groups excluding tert-OH is 1. The van der Waals surface area contributed by atoms with Crippen LogP contribution >= 0.6 is 11.6 Å². The molecule has 0 saturated carbocycles. The smallest absolute Gasteiger partial charge is 0.332 e. The van der Waals surface area contributed by atoms with E-state index < -0.39 is 23.3 Å². The molecule has 0 saturated heterocycles. The molecule has 0 aliphatic rings. The molecule has 1 aromatic carbocycles. The number of benzene rings is 1. The molecule has 3 aromatic rings. The van der Waals surface area contributed by atoms with Crippen molar-refractivity contribution in [3.05, 3.63) is 62.6 Å². The zero-order valence-corrected chi connectivity index (χ0v) is 14.3. The molecule has 0 aliphatic carbocycles. The highest BCUT2D eigenvalue weighted by Gasteiger charge is 2.24. The van der Waals surface area contributed by atoms with Crippen LogP contribution in [0.3, 0.4) is 0 Å². The number of aryl methyl sites for hydroxylation is 1. The normalized spacial score (nSPS) is 12.5. The van der Waals surface area contributed by atoms with Crippen LogP contribution in [0.5, 0.6) is 0 Å². The van der Waals surface area contributed by atoms with Gasteiger partial charge < -0.3 is 5.11 Å². The molecule has 0 radical (unpaired) electrons. The van der Waals surface area contributed by atoms with E-state index in [1.165, 1.54) is 18.7 Å². The Balaban J connectivity index is 2.15. The monoisotopic (exact) mass is 362 g/mol. The maximum atomic E-state index is 12.7. The molecule has 0 aliphatic heterocycles. The number of hydrogen-bond donors (Lipinski definition) is 1. The van der Waals surface area contributed by atoms with Crippen LogP contribution in [0.4, 0.5) is 0 Å². The number of carbonyl (C=O) groups excluding carboxylic acids is 1. The van der Waals surface area contributed by atoms with Crippen LogP contribution in [0.2, 0.25) is 0 Å². The van der Waals surface area contributed by atoms with Crippen molar-refractivity contribution in [2.45, 2.75) is 12.0 Å². The van der Waals surface area contributed by atoms with Crippen LogP contribution < -0.4 is 11.2 Å². The topological polar surface area (TPSA) is 99.1 Å². The molecule has 2 heterocycles. The van der Waals surface area contributed by atoms with Crippen molar-refractivity contribution in [1.82, 2.24) is 18.7 Å². The second-order valence-electron chi connectivity index (χ2n) is 5.61. The number of alkyl halides is 1. The molecule has 2 aromatic heterocycles. The minimum absolute atomic E-state index is 0.0675. The van der Waals surface area contributed by atoms with E-state index in [1.54, 1.807) is 24.3 Å². The Morgan fingerprint density at radius 1 is 1.28 bits per heavy atom. The lowest BCUT2D eigenvalue weighted by Gasteiger charge is -2.12. The highest BCUT2D eigenvalue weighted by atomic mass is 35.5. The summed E-state index contributed by atoms with van der Waals surface area (Å²) in [5, 5.41) is 10.4. The van der Waals surface area contributed by atoms with Crippen molar-refractivity contribution in [1.29, 1.82) is 0 Å². The first-order valence-corrected chi connectivity index (χ1v) is 7.90. The summed E-state index contributed by atoms with van der Waals surface area (Å²) in [6.07, 6.45) is -0.370. The Kier molecular flexibility index (Phi) is 4.32. The summed E-state index contributed by atoms with van der Waals surface area (Å²) in [7, 11) is 2.76. The van der Waals surface area contributed by atoms with Crippen LogP contribution in [-0.2, 0) is 20.0 Å². The summed E-state index contributed by atoms with van der Waals surface area (Å²) < 4.78 is 3.02. The largest absolute Gasteiger partial charge is 0.378 e. The maximum Gasteiger partial charge on any atom is 0.332 e. The van der Waals surface area contributed by atoms with Gasteiger partial charge in [0.1, 0.15) is 6.33 Å². The number of aromatic nitrogens is 4. The van der Waals surface area contributed by atoms with E-state index in [2.05, 4.69) is 4.98 Å². The minimum Gasteiger partial charge on any atom is -0.378 e. The number of imidazole rings is 1. The molecular weight excluding hydrogens is 348 g/mol. The molecule has 3 rings (SSSR count). The van der Waals surface area contributed by atoms with Crippen LogP contribution in [0.25, 0.3) is 11.2 Å². The van der Waals surface area contributed by atoms with Crippen molar-refractivity contribution in [3.63, 3.8) is 0 Å². The molecule has 1 unspecified atom stereocenters. The predicted octanol–water partition coefficient (Wildman–Crippen LogP) is 0.546. The molecular formula is C16H15ClN4O4. The van der Waals surface area contributed by atoms with Crippen LogP contribution in [-0.4, -0.2) is 29.7 Å². The fraction of sp³-hybridized carbons (Fsp3) is 0.250. The fourth-order valence-electron chi connectivity index (χ4n) is 2.63. The number of hydrogen-bond acceptors (Lipinski definition) is 5. The van der Waals surface area contributed by atoms with E-state index in [9.17, 15) is 19.5 Å². The molecule has 8 nitrogen and oxygen atoms in total. The van der Waals surface area contributed by atoms with E-state index in [-0.39, 0.29) is 17.0 Å². The third kappa shape index (κ3) is 2.69. The van der Waals surface area contributed by atoms with Gasteiger partial charge in [0.25, 0.3) is 11.5 Å². The van der Waals surface area contributed by atoms with Crippen LogP contribution in [0.15, 0.2) is 40.2 Å². The minimum atomic E-state index is -1.50. The second kappa shape index (κ2) is 6.30. The Morgan fingerprint density at radius 3 is 2.68 bits per heavy atom. The standard InChI is InChI=1S/C16H15ClN4O4/c1-19-13-11(14(23)20(2)16(19)25)21(8-18-13)15(24)12(22)10-5-3-4-9(6-10)7-17/h3-6,8,12,22H,7H2,1-2H3. The first kappa shape index (κ1) is 17.1. The van der Waals surface area contributed by atoms with Gasteiger partial charge >= 0.3 is 5.69 Å². The van der Waals surface area contributed by atoms with E-state index >= 15 is 0 Å². The van der Waals surface area contributed by atoms with Gasteiger partial charge in [-0.25, -0.2) is 9.78 Å². The quantitative estimate of drug-likeness (QED) is 0.686. The highest BCUT2D eigenvalue weighted by Crippen LogP contribution is 2.19. The van der Waals surface area contributed by atoms with Gasteiger partial charge in [-0.15, -0.1) is 11.6 Å². The predicted molar refractivity (Wildman–Crippen MR) is 91.8 cm³/mol. The van der Waals surface area contributed by atoms with Gasteiger partial charge in [-0.3, -0.25) is 23.3 Å². The fourth-order valence-corrected chi connectivity index (χ4v) is 2.80. The Labute approximate surface area is 146 Å². The van der Waals surface area contributed by atoms with Crippen molar-refractivity contribution >= 4 is 28.7 Å². The SMILES string of the molecule is Cn1c(=O)c2c(ncn2C(=O)C(O)c2cccc(CCl)c2)n(C)c1=O. The van der Waals surface area contributed by atoms with Crippen molar-refractivity contribution in [3.8, 4) is 0 Å². The van der Waals surface area contributed by atoms with Gasteiger partial charge in [-0.1, -0.05) is 24.3 Å². The maximum absolute atomic E-state index is 12.7. The molecule has 9 heteroatoms. The highest BCUT2D eigenvalue weighted by molar-refractivity contribution is 6.17. The third-order valence-electron chi connectivity index (χ3n) is 4.04.